The number of nitrogens with zero attached hydrogens (tertiary/aromatic N) is 1. The van der Waals surface area contributed by atoms with Gasteiger partial charge in [-0.1, -0.05) is 18.2 Å². The standard InChI is InChI=1S/C13H18N2/c1-2-4-13(5-3-1)15-9-8-11-6-7-12(10-15)14-11/h1-5,11-12,14H,6-10H2. The Balaban J connectivity index is 1.77. The van der Waals surface area contributed by atoms with Crippen LogP contribution in [0, 0.1) is 0 Å². The van der Waals surface area contributed by atoms with Crippen LogP contribution in [0.1, 0.15) is 19.3 Å². The summed E-state index contributed by atoms with van der Waals surface area (Å²) in [7, 11) is 0. The summed E-state index contributed by atoms with van der Waals surface area (Å²) >= 11 is 0. The van der Waals surface area contributed by atoms with Gasteiger partial charge in [0.15, 0.2) is 0 Å². The fourth-order valence-electron chi connectivity index (χ4n) is 2.82. The van der Waals surface area contributed by atoms with Crippen LogP contribution in [0.15, 0.2) is 30.3 Å². The summed E-state index contributed by atoms with van der Waals surface area (Å²) in [6.07, 6.45) is 4.03. The van der Waals surface area contributed by atoms with E-state index in [9.17, 15) is 0 Å². The first kappa shape index (κ1) is 9.22. The second-order valence-electron chi connectivity index (χ2n) is 4.71. The molecule has 2 bridgehead atoms. The predicted octanol–water partition coefficient (Wildman–Crippen LogP) is 2.02. The van der Waals surface area contributed by atoms with Crippen LogP contribution in [-0.4, -0.2) is 25.2 Å². The first-order valence-corrected chi connectivity index (χ1v) is 5.98. The Morgan fingerprint density at radius 3 is 2.67 bits per heavy atom. The van der Waals surface area contributed by atoms with Crippen LogP contribution in [0.25, 0.3) is 0 Å². The fourth-order valence-corrected chi connectivity index (χ4v) is 2.82. The summed E-state index contributed by atoms with van der Waals surface area (Å²) in [4.78, 5) is 2.52. The monoisotopic (exact) mass is 202 g/mol. The smallest absolute Gasteiger partial charge is 0.0366 e. The zero-order chi connectivity index (χ0) is 10.1. The van der Waals surface area contributed by atoms with Crippen molar-refractivity contribution in [1.29, 1.82) is 0 Å². The molecule has 2 saturated heterocycles. The number of benzene rings is 1. The van der Waals surface area contributed by atoms with Crippen molar-refractivity contribution in [2.75, 3.05) is 18.0 Å². The summed E-state index contributed by atoms with van der Waals surface area (Å²) in [5, 5.41) is 3.71. The highest BCUT2D eigenvalue weighted by Gasteiger charge is 2.28. The molecule has 2 atom stereocenters. The van der Waals surface area contributed by atoms with Crippen LogP contribution in [0.4, 0.5) is 5.69 Å². The first-order chi connectivity index (χ1) is 7.42. The molecule has 2 aliphatic heterocycles. The van der Waals surface area contributed by atoms with Crippen LogP contribution in [0.5, 0.6) is 0 Å². The van der Waals surface area contributed by atoms with Crippen LogP contribution >= 0.6 is 0 Å². The van der Waals surface area contributed by atoms with Crippen LogP contribution in [0.3, 0.4) is 0 Å². The van der Waals surface area contributed by atoms with E-state index in [2.05, 4.69) is 40.5 Å². The van der Waals surface area contributed by atoms with Crippen molar-refractivity contribution in [1.82, 2.24) is 5.32 Å². The summed E-state index contributed by atoms with van der Waals surface area (Å²) < 4.78 is 0. The number of para-hydroxylation sites is 1. The van der Waals surface area contributed by atoms with Gasteiger partial charge in [0.25, 0.3) is 0 Å². The third-order valence-electron chi connectivity index (χ3n) is 3.64. The Kier molecular flexibility index (Phi) is 2.37. The number of rotatable bonds is 1. The van der Waals surface area contributed by atoms with Gasteiger partial charge in [0.1, 0.15) is 0 Å². The number of anilines is 1. The van der Waals surface area contributed by atoms with E-state index in [1.165, 1.54) is 38.0 Å². The van der Waals surface area contributed by atoms with Gasteiger partial charge in [-0.25, -0.2) is 0 Å². The highest BCUT2D eigenvalue weighted by Crippen LogP contribution is 2.24. The highest BCUT2D eigenvalue weighted by molar-refractivity contribution is 5.46. The topological polar surface area (TPSA) is 15.3 Å². The minimum absolute atomic E-state index is 0.720. The number of fused-ring (bicyclic) bond motifs is 2. The Labute approximate surface area is 91.3 Å². The van der Waals surface area contributed by atoms with E-state index < -0.39 is 0 Å². The van der Waals surface area contributed by atoms with Gasteiger partial charge in [-0.3, -0.25) is 0 Å². The highest BCUT2D eigenvalue weighted by atomic mass is 15.2. The molecule has 80 valence electrons. The van der Waals surface area contributed by atoms with Crippen molar-refractivity contribution >= 4 is 5.69 Å². The molecule has 2 unspecified atom stereocenters. The molecule has 3 rings (SSSR count). The molecule has 15 heavy (non-hydrogen) atoms. The SMILES string of the molecule is c1ccc(N2CCC3CCC(C2)N3)cc1. The summed E-state index contributed by atoms with van der Waals surface area (Å²) in [5.74, 6) is 0. The molecular formula is C13H18N2. The molecule has 0 saturated carbocycles. The molecule has 2 nitrogen and oxygen atoms in total. The third-order valence-corrected chi connectivity index (χ3v) is 3.64. The molecule has 0 aliphatic carbocycles. The van der Waals surface area contributed by atoms with Gasteiger partial charge in [0.05, 0.1) is 0 Å². The van der Waals surface area contributed by atoms with Crippen molar-refractivity contribution in [3.05, 3.63) is 30.3 Å². The lowest BCUT2D eigenvalue weighted by Gasteiger charge is -2.26. The minimum Gasteiger partial charge on any atom is -0.370 e. The van der Waals surface area contributed by atoms with E-state index in [4.69, 9.17) is 0 Å². The summed E-state index contributed by atoms with van der Waals surface area (Å²) in [6.45, 7) is 2.39. The molecule has 2 heterocycles. The Morgan fingerprint density at radius 1 is 1.00 bits per heavy atom. The number of hydrogen-bond donors (Lipinski definition) is 1. The molecule has 0 radical (unpaired) electrons. The van der Waals surface area contributed by atoms with Gasteiger partial charge >= 0.3 is 0 Å². The van der Waals surface area contributed by atoms with Gasteiger partial charge in [-0.2, -0.15) is 0 Å². The van der Waals surface area contributed by atoms with Gasteiger partial charge < -0.3 is 10.2 Å². The largest absolute Gasteiger partial charge is 0.370 e. The van der Waals surface area contributed by atoms with E-state index in [1.54, 1.807) is 0 Å². The zero-order valence-electron chi connectivity index (χ0n) is 9.02. The lowest BCUT2D eigenvalue weighted by molar-refractivity contribution is 0.563. The Morgan fingerprint density at radius 2 is 1.80 bits per heavy atom. The second-order valence-corrected chi connectivity index (χ2v) is 4.71. The van der Waals surface area contributed by atoms with Crippen molar-refractivity contribution < 1.29 is 0 Å². The molecular weight excluding hydrogens is 184 g/mol. The predicted molar refractivity (Wildman–Crippen MR) is 63.2 cm³/mol. The van der Waals surface area contributed by atoms with E-state index in [1.807, 2.05) is 0 Å². The van der Waals surface area contributed by atoms with Crippen LogP contribution in [0.2, 0.25) is 0 Å². The lowest BCUT2D eigenvalue weighted by atomic mass is 10.1. The van der Waals surface area contributed by atoms with Crippen molar-refractivity contribution in [3.8, 4) is 0 Å². The van der Waals surface area contributed by atoms with Crippen LogP contribution < -0.4 is 10.2 Å². The van der Waals surface area contributed by atoms with Crippen molar-refractivity contribution in [2.24, 2.45) is 0 Å². The summed E-state index contributed by atoms with van der Waals surface area (Å²) in [6, 6.07) is 12.3. The normalized spacial score (nSPS) is 30.3. The molecule has 0 amide bonds. The van der Waals surface area contributed by atoms with Crippen LogP contribution in [-0.2, 0) is 0 Å². The molecule has 1 aromatic carbocycles. The molecule has 2 fully saturated rings. The number of nitrogens with one attached hydrogen (secondary N) is 1. The van der Waals surface area contributed by atoms with E-state index in [0.29, 0.717) is 0 Å². The van der Waals surface area contributed by atoms with Gasteiger partial charge in [0.2, 0.25) is 0 Å². The first-order valence-electron chi connectivity index (χ1n) is 5.98. The molecule has 0 aromatic heterocycles. The Hall–Kier alpha value is -1.02. The number of hydrogen-bond acceptors (Lipinski definition) is 2. The second kappa shape index (κ2) is 3.86. The minimum atomic E-state index is 0.720. The molecule has 1 N–H and O–H groups in total. The van der Waals surface area contributed by atoms with E-state index in [0.717, 1.165) is 12.1 Å². The summed E-state index contributed by atoms with van der Waals surface area (Å²) in [5.41, 5.74) is 1.38. The lowest BCUT2D eigenvalue weighted by Crippen LogP contribution is -2.35. The van der Waals surface area contributed by atoms with Crippen molar-refractivity contribution in [3.63, 3.8) is 0 Å². The molecule has 0 spiro atoms. The van der Waals surface area contributed by atoms with Crippen molar-refractivity contribution in [2.45, 2.75) is 31.3 Å². The average Bonchev–Trinajstić information content (AvgIpc) is 2.60. The maximum absolute atomic E-state index is 3.71. The van der Waals surface area contributed by atoms with Gasteiger partial charge in [0, 0.05) is 30.9 Å². The maximum Gasteiger partial charge on any atom is 0.0366 e. The van der Waals surface area contributed by atoms with E-state index >= 15 is 0 Å². The molecule has 2 heteroatoms. The van der Waals surface area contributed by atoms with Gasteiger partial charge in [-0.15, -0.1) is 0 Å². The molecule has 2 aliphatic rings. The Bertz CT molecular complexity index is 323. The van der Waals surface area contributed by atoms with Gasteiger partial charge in [-0.05, 0) is 31.4 Å². The average molecular weight is 202 g/mol. The quantitative estimate of drug-likeness (QED) is 0.749. The fraction of sp³-hybridized carbons (Fsp3) is 0.538. The van der Waals surface area contributed by atoms with E-state index in [-0.39, 0.29) is 0 Å². The molecule has 1 aromatic rings. The zero-order valence-corrected chi connectivity index (χ0v) is 9.02. The third kappa shape index (κ3) is 1.86. The maximum atomic E-state index is 3.71.